The zero-order valence-electron chi connectivity index (χ0n) is 13.9. The quantitative estimate of drug-likeness (QED) is 0.809. The molecular weight excluding hydrogens is 346 g/mol. The van der Waals surface area contributed by atoms with E-state index in [-0.39, 0.29) is 30.1 Å². The Hall–Kier alpha value is -2.12. The van der Waals surface area contributed by atoms with Gasteiger partial charge in [-0.25, -0.2) is 4.90 Å². The largest absolute Gasteiger partial charge is 0.495 e. The standard InChI is InChI=1S/C17H20ClN3O4/c1-25-14-3-2-11(18)8-12(14)21-15(22)9-13(17(21)24)20-6-4-10(5-7-20)16(19)23/h2-3,8,10,13H,4-7,9H2,1H3,(H2,19,23)/t13-/m0/s1. The molecule has 1 aromatic rings. The third-order valence-corrected chi connectivity index (χ3v) is 5.11. The molecule has 0 aliphatic carbocycles. The van der Waals surface area contributed by atoms with Gasteiger partial charge in [-0.05, 0) is 44.1 Å². The van der Waals surface area contributed by atoms with E-state index in [2.05, 4.69) is 0 Å². The van der Waals surface area contributed by atoms with E-state index in [1.165, 1.54) is 7.11 Å². The second kappa shape index (κ2) is 7.01. The van der Waals surface area contributed by atoms with Crippen molar-refractivity contribution in [2.75, 3.05) is 25.1 Å². The van der Waals surface area contributed by atoms with Gasteiger partial charge >= 0.3 is 0 Å². The summed E-state index contributed by atoms with van der Waals surface area (Å²) in [5.41, 5.74) is 5.71. The number of anilines is 1. The molecule has 3 amide bonds. The molecule has 134 valence electrons. The minimum Gasteiger partial charge on any atom is -0.495 e. The lowest BCUT2D eigenvalue weighted by Gasteiger charge is -2.33. The lowest BCUT2D eigenvalue weighted by atomic mass is 9.95. The zero-order chi connectivity index (χ0) is 18.1. The highest BCUT2D eigenvalue weighted by atomic mass is 35.5. The number of carbonyl (C=O) groups excluding carboxylic acids is 3. The monoisotopic (exact) mass is 365 g/mol. The van der Waals surface area contributed by atoms with Crippen molar-refractivity contribution in [3.63, 3.8) is 0 Å². The first-order valence-electron chi connectivity index (χ1n) is 8.16. The van der Waals surface area contributed by atoms with E-state index in [0.717, 1.165) is 4.90 Å². The van der Waals surface area contributed by atoms with Crippen LogP contribution in [0.3, 0.4) is 0 Å². The molecule has 2 saturated heterocycles. The molecule has 0 bridgehead atoms. The van der Waals surface area contributed by atoms with Gasteiger partial charge in [-0.1, -0.05) is 11.6 Å². The van der Waals surface area contributed by atoms with Crippen LogP contribution >= 0.6 is 11.6 Å². The number of nitrogens with zero attached hydrogens (tertiary/aromatic N) is 2. The number of primary amides is 1. The number of rotatable bonds is 4. The molecule has 0 aromatic heterocycles. The van der Waals surface area contributed by atoms with Crippen molar-refractivity contribution in [1.29, 1.82) is 0 Å². The number of halogens is 1. The smallest absolute Gasteiger partial charge is 0.251 e. The molecule has 0 saturated carbocycles. The number of imide groups is 1. The third kappa shape index (κ3) is 3.34. The van der Waals surface area contributed by atoms with Gasteiger partial charge in [-0.15, -0.1) is 0 Å². The number of carbonyl (C=O) groups is 3. The number of ether oxygens (including phenoxy) is 1. The minimum absolute atomic E-state index is 0.107. The summed E-state index contributed by atoms with van der Waals surface area (Å²) in [6.45, 7) is 1.13. The first-order chi connectivity index (χ1) is 11.9. The van der Waals surface area contributed by atoms with Gasteiger partial charge in [-0.3, -0.25) is 19.3 Å². The maximum Gasteiger partial charge on any atom is 0.251 e. The molecular formula is C17H20ClN3O4. The van der Waals surface area contributed by atoms with Crippen LogP contribution < -0.4 is 15.4 Å². The number of hydrogen-bond donors (Lipinski definition) is 1. The van der Waals surface area contributed by atoms with Crippen LogP contribution in [0.4, 0.5) is 5.69 Å². The molecule has 2 aliphatic heterocycles. The van der Waals surface area contributed by atoms with E-state index < -0.39 is 6.04 Å². The summed E-state index contributed by atoms with van der Waals surface area (Å²) in [4.78, 5) is 39.8. The normalized spacial score (nSPS) is 22.5. The maximum atomic E-state index is 12.9. The average Bonchev–Trinajstić information content (AvgIpc) is 2.89. The molecule has 2 heterocycles. The number of amides is 3. The third-order valence-electron chi connectivity index (χ3n) is 4.88. The van der Waals surface area contributed by atoms with Crippen LogP contribution in [0.2, 0.25) is 5.02 Å². The Kier molecular flexibility index (Phi) is 4.96. The summed E-state index contributed by atoms with van der Waals surface area (Å²) in [5.74, 6) is -0.624. The fourth-order valence-corrected chi connectivity index (χ4v) is 3.65. The Bertz CT molecular complexity index is 716. The van der Waals surface area contributed by atoms with E-state index >= 15 is 0 Å². The van der Waals surface area contributed by atoms with Crippen LogP contribution in [-0.2, 0) is 14.4 Å². The number of methoxy groups -OCH3 is 1. The van der Waals surface area contributed by atoms with Crippen molar-refractivity contribution >= 4 is 35.0 Å². The molecule has 7 nitrogen and oxygen atoms in total. The molecule has 2 N–H and O–H groups in total. The SMILES string of the molecule is COc1ccc(Cl)cc1N1C(=O)C[C@H](N2CCC(C(N)=O)CC2)C1=O. The first kappa shape index (κ1) is 17.7. The zero-order valence-corrected chi connectivity index (χ0v) is 14.7. The molecule has 1 atom stereocenters. The summed E-state index contributed by atoms with van der Waals surface area (Å²) in [7, 11) is 1.48. The second-order valence-corrected chi connectivity index (χ2v) is 6.75. The summed E-state index contributed by atoms with van der Waals surface area (Å²) in [6.07, 6.45) is 1.32. The van der Waals surface area contributed by atoms with Crippen LogP contribution in [0.25, 0.3) is 0 Å². The van der Waals surface area contributed by atoms with E-state index in [0.29, 0.717) is 42.4 Å². The van der Waals surface area contributed by atoms with Crippen LogP contribution in [0, 0.1) is 5.92 Å². The summed E-state index contributed by atoms with van der Waals surface area (Å²) in [6, 6.07) is 4.30. The van der Waals surface area contributed by atoms with E-state index in [4.69, 9.17) is 22.1 Å². The van der Waals surface area contributed by atoms with Crippen molar-refractivity contribution < 1.29 is 19.1 Å². The Morgan fingerprint density at radius 1 is 1.28 bits per heavy atom. The molecule has 1 aromatic carbocycles. The van der Waals surface area contributed by atoms with E-state index in [1.54, 1.807) is 18.2 Å². The highest BCUT2D eigenvalue weighted by molar-refractivity contribution is 6.31. The molecule has 25 heavy (non-hydrogen) atoms. The molecule has 0 radical (unpaired) electrons. The van der Waals surface area contributed by atoms with Gasteiger partial charge in [0.25, 0.3) is 5.91 Å². The molecule has 0 unspecified atom stereocenters. The molecule has 8 heteroatoms. The predicted octanol–water partition coefficient (Wildman–Crippen LogP) is 1.18. The van der Waals surface area contributed by atoms with Crippen molar-refractivity contribution in [3.05, 3.63) is 23.2 Å². The number of nitrogens with two attached hydrogens (primary N) is 1. The van der Waals surface area contributed by atoms with Crippen LogP contribution in [0.5, 0.6) is 5.75 Å². The Morgan fingerprint density at radius 3 is 2.56 bits per heavy atom. The number of benzene rings is 1. The van der Waals surface area contributed by atoms with Gasteiger partial charge < -0.3 is 10.5 Å². The van der Waals surface area contributed by atoms with Crippen molar-refractivity contribution in [2.45, 2.75) is 25.3 Å². The summed E-state index contributed by atoms with van der Waals surface area (Å²) < 4.78 is 5.26. The molecule has 2 fully saturated rings. The van der Waals surface area contributed by atoms with Gasteiger partial charge in [0.1, 0.15) is 5.75 Å². The Balaban J connectivity index is 1.80. The maximum absolute atomic E-state index is 12.9. The Labute approximate surface area is 150 Å². The van der Waals surface area contributed by atoms with Gasteiger partial charge in [0.2, 0.25) is 11.8 Å². The fourth-order valence-electron chi connectivity index (χ4n) is 3.49. The molecule has 3 rings (SSSR count). The topological polar surface area (TPSA) is 92.9 Å². The lowest BCUT2D eigenvalue weighted by molar-refractivity contribution is -0.124. The minimum atomic E-state index is -0.523. The predicted molar refractivity (Wildman–Crippen MR) is 92.4 cm³/mol. The highest BCUT2D eigenvalue weighted by Gasteiger charge is 2.44. The second-order valence-electron chi connectivity index (χ2n) is 6.32. The van der Waals surface area contributed by atoms with Gasteiger partial charge in [0.05, 0.1) is 25.3 Å². The number of piperidine rings is 1. The van der Waals surface area contributed by atoms with Crippen molar-refractivity contribution in [2.24, 2.45) is 11.7 Å². The van der Waals surface area contributed by atoms with Gasteiger partial charge in [-0.2, -0.15) is 0 Å². The number of hydrogen-bond acceptors (Lipinski definition) is 5. The van der Waals surface area contributed by atoms with Gasteiger partial charge in [0.15, 0.2) is 0 Å². The Morgan fingerprint density at radius 2 is 1.96 bits per heavy atom. The lowest BCUT2D eigenvalue weighted by Crippen LogP contribution is -2.47. The van der Waals surface area contributed by atoms with E-state index in [9.17, 15) is 14.4 Å². The van der Waals surface area contributed by atoms with Crippen molar-refractivity contribution in [1.82, 2.24) is 4.90 Å². The van der Waals surface area contributed by atoms with Crippen LogP contribution in [-0.4, -0.2) is 48.9 Å². The van der Waals surface area contributed by atoms with Crippen molar-refractivity contribution in [3.8, 4) is 5.75 Å². The number of likely N-dealkylation sites (tertiary alicyclic amines) is 1. The molecule has 0 spiro atoms. The molecule has 2 aliphatic rings. The van der Waals surface area contributed by atoms with E-state index in [1.807, 2.05) is 4.90 Å². The summed E-state index contributed by atoms with van der Waals surface area (Å²) in [5, 5.41) is 0.419. The van der Waals surface area contributed by atoms with Crippen LogP contribution in [0.15, 0.2) is 18.2 Å². The fraction of sp³-hybridized carbons (Fsp3) is 0.471. The summed E-state index contributed by atoms with van der Waals surface area (Å²) >= 11 is 6.02. The highest BCUT2D eigenvalue weighted by Crippen LogP contribution is 2.36. The first-order valence-corrected chi connectivity index (χ1v) is 8.54. The van der Waals surface area contributed by atoms with Crippen LogP contribution in [0.1, 0.15) is 19.3 Å². The van der Waals surface area contributed by atoms with Gasteiger partial charge in [0, 0.05) is 10.9 Å². The average molecular weight is 366 g/mol.